The van der Waals surface area contributed by atoms with Crippen LogP contribution in [0.5, 0.6) is 0 Å². The van der Waals surface area contributed by atoms with E-state index in [1.54, 1.807) is 23.1 Å². The van der Waals surface area contributed by atoms with Gasteiger partial charge in [0, 0.05) is 24.0 Å². The fourth-order valence-corrected chi connectivity index (χ4v) is 4.52. The van der Waals surface area contributed by atoms with Crippen LogP contribution in [0.3, 0.4) is 0 Å². The number of carbonyl (C=O) groups is 2. The SMILES string of the molecule is Cc1cccc(C(=O)N[C@@H]2CCC[C@]3(CCN(c4ccc(F)cc4)C3=O)C2)n1. The summed E-state index contributed by atoms with van der Waals surface area (Å²) in [4.78, 5) is 31.8. The Balaban J connectivity index is 1.46. The Bertz CT molecular complexity index is 899. The number of amides is 2. The zero-order valence-corrected chi connectivity index (χ0v) is 16.0. The number of nitrogens with one attached hydrogen (secondary N) is 1. The van der Waals surface area contributed by atoms with Gasteiger partial charge in [-0.2, -0.15) is 0 Å². The molecule has 1 N–H and O–H groups in total. The zero-order valence-electron chi connectivity index (χ0n) is 16.0. The van der Waals surface area contributed by atoms with Gasteiger partial charge in [0.1, 0.15) is 11.5 Å². The van der Waals surface area contributed by atoms with Crippen LogP contribution in [-0.4, -0.2) is 29.4 Å². The summed E-state index contributed by atoms with van der Waals surface area (Å²) in [6.07, 6.45) is 4.00. The Hall–Kier alpha value is -2.76. The lowest BCUT2D eigenvalue weighted by Gasteiger charge is -2.36. The molecule has 0 bridgehead atoms. The third kappa shape index (κ3) is 3.51. The lowest BCUT2D eigenvalue weighted by Crippen LogP contribution is -2.46. The van der Waals surface area contributed by atoms with Crippen molar-refractivity contribution in [2.75, 3.05) is 11.4 Å². The molecule has 2 aromatic rings. The molecule has 1 saturated heterocycles. The number of carbonyl (C=O) groups excluding carboxylic acids is 2. The first-order chi connectivity index (χ1) is 13.5. The van der Waals surface area contributed by atoms with E-state index in [0.29, 0.717) is 18.7 Å². The van der Waals surface area contributed by atoms with E-state index in [2.05, 4.69) is 10.3 Å². The molecule has 2 heterocycles. The van der Waals surface area contributed by atoms with Gasteiger partial charge in [0.25, 0.3) is 5.91 Å². The number of nitrogens with zero attached hydrogens (tertiary/aromatic N) is 2. The van der Waals surface area contributed by atoms with E-state index in [0.717, 1.165) is 37.1 Å². The van der Waals surface area contributed by atoms with Crippen molar-refractivity contribution in [1.82, 2.24) is 10.3 Å². The highest BCUT2D eigenvalue weighted by Crippen LogP contribution is 2.46. The van der Waals surface area contributed by atoms with Gasteiger partial charge in [-0.25, -0.2) is 9.37 Å². The largest absolute Gasteiger partial charge is 0.348 e. The van der Waals surface area contributed by atoms with E-state index in [4.69, 9.17) is 0 Å². The van der Waals surface area contributed by atoms with Crippen molar-refractivity contribution in [3.05, 3.63) is 59.7 Å². The number of hydrogen-bond acceptors (Lipinski definition) is 3. The van der Waals surface area contributed by atoms with Crippen molar-refractivity contribution in [2.45, 2.75) is 45.1 Å². The van der Waals surface area contributed by atoms with Crippen LogP contribution in [0, 0.1) is 18.2 Å². The quantitative estimate of drug-likeness (QED) is 0.883. The molecule has 1 aromatic carbocycles. The summed E-state index contributed by atoms with van der Waals surface area (Å²) < 4.78 is 13.2. The molecule has 1 aliphatic heterocycles. The van der Waals surface area contributed by atoms with Gasteiger partial charge < -0.3 is 10.2 Å². The number of anilines is 1. The molecule has 0 radical (unpaired) electrons. The summed E-state index contributed by atoms with van der Waals surface area (Å²) in [6.45, 7) is 2.48. The first-order valence-electron chi connectivity index (χ1n) is 9.79. The second-order valence-electron chi connectivity index (χ2n) is 7.89. The summed E-state index contributed by atoms with van der Waals surface area (Å²) in [7, 11) is 0. The maximum atomic E-state index is 13.2. The monoisotopic (exact) mass is 381 g/mol. The van der Waals surface area contributed by atoms with Gasteiger partial charge in [0.05, 0.1) is 5.41 Å². The Morgan fingerprint density at radius 2 is 2.00 bits per heavy atom. The molecule has 1 aliphatic carbocycles. The van der Waals surface area contributed by atoms with Crippen molar-refractivity contribution >= 4 is 17.5 Å². The predicted molar refractivity (Wildman–Crippen MR) is 104 cm³/mol. The number of aromatic nitrogens is 1. The lowest BCUT2D eigenvalue weighted by atomic mass is 9.71. The molecule has 1 spiro atoms. The standard InChI is InChI=1S/C22H24FN3O2/c1-15-4-2-6-19(24-15)20(27)25-17-5-3-11-22(14-17)12-13-26(21(22)28)18-9-7-16(23)8-10-18/h2,4,6-10,17H,3,5,11-14H2,1H3,(H,25,27)/t17-,22+/m1/s1. The van der Waals surface area contributed by atoms with Crippen molar-refractivity contribution in [2.24, 2.45) is 5.41 Å². The van der Waals surface area contributed by atoms with Crippen LogP contribution in [0.1, 0.15) is 48.3 Å². The van der Waals surface area contributed by atoms with Crippen LogP contribution in [0.4, 0.5) is 10.1 Å². The average Bonchev–Trinajstić information content (AvgIpc) is 2.98. The highest BCUT2D eigenvalue weighted by molar-refractivity contribution is 6.00. The van der Waals surface area contributed by atoms with Crippen LogP contribution < -0.4 is 10.2 Å². The van der Waals surface area contributed by atoms with Crippen LogP contribution in [0.15, 0.2) is 42.5 Å². The fraction of sp³-hybridized carbons (Fsp3) is 0.409. The van der Waals surface area contributed by atoms with E-state index >= 15 is 0 Å². The number of pyridine rings is 1. The maximum Gasteiger partial charge on any atom is 0.270 e. The highest BCUT2D eigenvalue weighted by atomic mass is 19.1. The van der Waals surface area contributed by atoms with Crippen LogP contribution in [0.2, 0.25) is 0 Å². The normalized spacial score (nSPS) is 24.6. The Labute approximate surface area is 164 Å². The zero-order chi connectivity index (χ0) is 19.7. The minimum Gasteiger partial charge on any atom is -0.348 e. The van der Waals surface area contributed by atoms with Gasteiger partial charge in [-0.15, -0.1) is 0 Å². The van der Waals surface area contributed by atoms with E-state index < -0.39 is 5.41 Å². The third-order valence-electron chi connectivity index (χ3n) is 5.95. The Morgan fingerprint density at radius 3 is 2.75 bits per heavy atom. The molecule has 2 atom stereocenters. The summed E-state index contributed by atoms with van der Waals surface area (Å²) in [6, 6.07) is 11.4. The van der Waals surface area contributed by atoms with E-state index in [1.165, 1.54) is 12.1 Å². The minimum atomic E-state index is -0.440. The second kappa shape index (κ2) is 7.34. The molecule has 6 heteroatoms. The van der Waals surface area contributed by atoms with Crippen LogP contribution >= 0.6 is 0 Å². The van der Waals surface area contributed by atoms with Gasteiger partial charge >= 0.3 is 0 Å². The molecule has 2 aliphatic rings. The summed E-state index contributed by atoms with van der Waals surface area (Å²) >= 11 is 0. The van der Waals surface area contributed by atoms with E-state index in [9.17, 15) is 14.0 Å². The highest BCUT2D eigenvalue weighted by Gasteiger charge is 2.49. The molecule has 0 unspecified atom stereocenters. The summed E-state index contributed by atoms with van der Waals surface area (Å²) in [5.41, 5.74) is 1.50. The first-order valence-corrected chi connectivity index (χ1v) is 9.79. The maximum absolute atomic E-state index is 13.2. The fourth-order valence-electron chi connectivity index (χ4n) is 4.52. The lowest BCUT2D eigenvalue weighted by molar-refractivity contribution is -0.127. The van der Waals surface area contributed by atoms with Gasteiger partial charge in [-0.3, -0.25) is 9.59 Å². The average molecular weight is 381 g/mol. The third-order valence-corrected chi connectivity index (χ3v) is 5.95. The molecule has 2 amide bonds. The van der Waals surface area contributed by atoms with Gasteiger partial charge in [-0.1, -0.05) is 12.5 Å². The molecule has 146 valence electrons. The van der Waals surface area contributed by atoms with E-state index in [1.807, 2.05) is 19.1 Å². The number of benzene rings is 1. The molecular weight excluding hydrogens is 357 g/mol. The van der Waals surface area contributed by atoms with E-state index in [-0.39, 0.29) is 23.7 Å². The second-order valence-corrected chi connectivity index (χ2v) is 7.89. The van der Waals surface area contributed by atoms with Crippen molar-refractivity contribution in [1.29, 1.82) is 0 Å². The number of rotatable bonds is 3. The van der Waals surface area contributed by atoms with Crippen LogP contribution in [0.25, 0.3) is 0 Å². The Morgan fingerprint density at radius 1 is 1.21 bits per heavy atom. The van der Waals surface area contributed by atoms with Crippen molar-refractivity contribution in [3.8, 4) is 0 Å². The molecular formula is C22H24FN3O2. The first kappa shape index (κ1) is 18.6. The molecule has 5 nitrogen and oxygen atoms in total. The van der Waals surface area contributed by atoms with Crippen molar-refractivity contribution in [3.63, 3.8) is 0 Å². The van der Waals surface area contributed by atoms with Crippen molar-refractivity contribution < 1.29 is 14.0 Å². The number of aryl methyl sites for hydroxylation is 1. The number of halogens is 1. The number of hydrogen-bond donors (Lipinski definition) is 1. The smallest absolute Gasteiger partial charge is 0.270 e. The summed E-state index contributed by atoms with van der Waals surface area (Å²) in [5, 5.41) is 3.07. The topological polar surface area (TPSA) is 62.3 Å². The summed E-state index contributed by atoms with van der Waals surface area (Å²) in [5.74, 6) is -0.409. The van der Waals surface area contributed by atoms with Gasteiger partial charge in [0.15, 0.2) is 0 Å². The molecule has 1 saturated carbocycles. The minimum absolute atomic E-state index is 0.0410. The molecule has 2 fully saturated rings. The Kier molecular flexibility index (Phi) is 4.87. The van der Waals surface area contributed by atoms with Gasteiger partial charge in [-0.05, 0) is 69.0 Å². The van der Waals surface area contributed by atoms with Gasteiger partial charge in [0.2, 0.25) is 5.91 Å². The molecule has 4 rings (SSSR count). The predicted octanol–water partition coefficient (Wildman–Crippen LogP) is 3.62. The van der Waals surface area contributed by atoms with Crippen LogP contribution in [-0.2, 0) is 4.79 Å². The molecule has 28 heavy (non-hydrogen) atoms. The molecule has 1 aromatic heterocycles.